The van der Waals surface area contributed by atoms with E-state index < -0.39 is 11.6 Å². The Bertz CT molecular complexity index is 1620. The van der Waals surface area contributed by atoms with Gasteiger partial charge in [0.15, 0.2) is 0 Å². The van der Waals surface area contributed by atoms with Gasteiger partial charge in [0.2, 0.25) is 11.5 Å². The van der Waals surface area contributed by atoms with Gasteiger partial charge in [-0.3, -0.25) is 0 Å². The van der Waals surface area contributed by atoms with Crippen molar-refractivity contribution >= 4 is 5.97 Å². The van der Waals surface area contributed by atoms with Crippen LogP contribution in [0.4, 0.5) is 0 Å². The highest BCUT2D eigenvalue weighted by atomic mass is 16.5. The molecule has 1 atom stereocenters. The molecule has 6 heteroatoms. The Balaban J connectivity index is 1.19. The van der Waals surface area contributed by atoms with Crippen LogP contribution < -0.4 is 9.47 Å². The maximum absolute atomic E-state index is 12.1. The Labute approximate surface area is 240 Å². The van der Waals surface area contributed by atoms with E-state index in [2.05, 4.69) is 24.3 Å². The average molecular weight is 548 g/mol. The van der Waals surface area contributed by atoms with Gasteiger partial charge in [0.1, 0.15) is 17.3 Å². The van der Waals surface area contributed by atoms with E-state index in [1.54, 1.807) is 13.0 Å². The molecule has 5 rings (SSSR count). The van der Waals surface area contributed by atoms with Crippen molar-refractivity contribution < 1.29 is 23.8 Å². The highest BCUT2D eigenvalue weighted by molar-refractivity contribution is 5.78. The van der Waals surface area contributed by atoms with Gasteiger partial charge in [-0.1, -0.05) is 66.7 Å². The van der Waals surface area contributed by atoms with Gasteiger partial charge in [0.25, 0.3) is 0 Å². The van der Waals surface area contributed by atoms with Crippen LogP contribution in [0.1, 0.15) is 29.5 Å². The molecule has 0 radical (unpaired) electrons. The smallest absolute Gasteiger partial charge is 0.348 e. The number of aryl methyl sites for hydroxylation is 2. The van der Waals surface area contributed by atoms with Crippen LogP contribution in [0.3, 0.4) is 0 Å². The Morgan fingerprint density at radius 2 is 1.54 bits per heavy atom. The topological polar surface area (TPSA) is 81.8 Å². The molecule has 1 unspecified atom stereocenters. The van der Waals surface area contributed by atoms with Crippen LogP contribution in [0.2, 0.25) is 0 Å². The summed E-state index contributed by atoms with van der Waals surface area (Å²) < 4.78 is 17.9. The van der Waals surface area contributed by atoms with Gasteiger partial charge in [-0.15, -0.1) is 0 Å². The van der Waals surface area contributed by atoms with Crippen molar-refractivity contribution in [2.24, 2.45) is 0 Å². The molecule has 6 nitrogen and oxygen atoms in total. The van der Waals surface area contributed by atoms with E-state index in [0.717, 1.165) is 39.3 Å². The molecular weight excluding hydrogens is 514 g/mol. The standard InChI is InChI=1S/C35H33NO5/c1-24-9-7-14-31(21-24)41-35(3,34(37)38)23-26-15-17-30(18-16-26)39-20-19-32-25(2)40-33(36-32)29-13-8-12-28(22-29)27-10-5-4-6-11-27/h4-18,21-22H,19-20,23H2,1-3H3,(H,37,38). The number of hydrogen-bond acceptors (Lipinski definition) is 5. The van der Waals surface area contributed by atoms with Crippen molar-refractivity contribution in [3.8, 4) is 34.1 Å². The molecule has 4 aromatic carbocycles. The third-order valence-corrected chi connectivity index (χ3v) is 6.97. The largest absolute Gasteiger partial charge is 0.493 e. The van der Waals surface area contributed by atoms with Gasteiger partial charge >= 0.3 is 5.97 Å². The van der Waals surface area contributed by atoms with E-state index in [1.807, 2.05) is 86.6 Å². The quantitative estimate of drug-likeness (QED) is 0.182. The minimum absolute atomic E-state index is 0.211. The lowest BCUT2D eigenvalue weighted by molar-refractivity contribution is -0.153. The second kappa shape index (κ2) is 12.1. The Kier molecular flexibility index (Phi) is 8.20. The Morgan fingerprint density at radius 1 is 0.829 bits per heavy atom. The number of nitrogens with zero attached hydrogens (tertiary/aromatic N) is 1. The maximum Gasteiger partial charge on any atom is 0.348 e. The van der Waals surface area contributed by atoms with Crippen LogP contribution in [0.25, 0.3) is 22.6 Å². The predicted octanol–water partition coefficient (Wildman–Crippen LogP) is 7.71. The van der Waals surface area contributed by atoms with Crippen molar-refractivity contribution in [3.63, 3.8) is 0 Å². The molecule has 1 N–H and O–H groups in total. The van der Waals surface area contributed by atoms with Crippen LogP contribution in [0.15, 0.2) is 108 Å². The van der Waals surface area contributed by atoms with E-state index in [4.69, 9.17) is 18.9 Å². The first-order valence-corrected chi connectivity index (χ1v) is 13.6. The molecule has 0 amide bonds. The van der Waals surface area contributed by atoms with Crippen molar-refractivity contribution in [1.29, 1.82) is 0 Å². The summed E-state index contributed by atoms with van der Waals surface area (Å²) in [7, 11) is 0. The molecule has 0 fully saturated rings. The Hall–Kier alpha value is -4.84. The molecule has 208 valence electrons. The fourth-order valence-electron chi connectivity index (χ4n) is 4.70. The third kappa shape index (κ3) is 6.84. The monoisotopic (exact) mass is 547 g/mol. The summed E-state index contributed by atoms with van der Waals surface area (Å²) in [6.07, 6.45) is 0.805. The summed E-state index contributed by atoms with van der Waals surface area (Å²) in [6.45, 7) is 5.88. The number of carboxylic acid groups (broad SMARTS) is 1. The molecule has 0 saturated heterocycles. The number of aliphatic carboxylic acids is 1. The summed E-state index contributed by atoms with van der Waals surface area (Å²) in [4.78, 5) is 16.8. The average Bonchev–Trinajstić information content (AvgIpc) is 3.34. The molecule has 0 bridgehead atoms. The van der Waals surface area contributed by atoms with Gasteiger partial charge in [0, 0.05) is 18.4 Å². The SMILES string of the molecule is Cc1cccc(OC(C)(Cc2ccc(OCCc3nc(-c4cccc(-c5ccccc5)c4)oc3C)cc2)C(=O)O)c1. The first kappa shape index (κ1) is 27.7. The Morgan fingerprint density at radius 3 is 2.27 bits per heavy atom. The number of rotatable bonds is 11. The van der Waals surface area contributed by atoms with Gasteiger partial charge in [-0.25, -0.2) is 9.78 Å². The normalized spacial score (nSPS) is 12.5. The van der Waals surface area contributed by atoms with Gasteiger partial charge in [-0.2, -0.15) is 0 Å². The lowest BCUT2D eigenvalue weighted by Gasteiger charge is -2.26. The molecule has 1 heterocycles. The number of carbonyl (C=O) groups is 1. The second-order valence-electron chi connectivity index (χ2n) is 10.3. The predicted molar refractivity (Wildman–Crippen MR) is 159 cm³/mol. The lowest BCUT2D eigenvalue weighted by atomic mass is 9.96. The van der Waals surface area contributed by atoms with E-state index in [0.29, 0.717) is 30.4 Å². The molecule has 0 aliphatic heterocycles. The molecule has 0 spiro atoms. The number of benzene rings is 4. The van der Waals surface area contributed by atoms with Gasteiger partial charge in [-0.05, 0) is 79.4 Å². The minimum Gasteiger partial charge on any atom is -0.493 e. The molecule has 0 aliphatic rings. The summed E-state index contributed by atoms with van der Waals surface area (Å²) in [6, 6.07) is 33.2. The first-order valence-electron chi connectivity index (χ1n) is 13.6. The first-order chi connectivity index (χ1) is 19.8. The zero-order valence-corrected chi connectivity index (χ0v) is 23.5. The molecule has 41 heavy (non-hydrogen) atoms. The van der Waals surface area contributed by atoms with Crippen LogP contribution in [-0.4, -0.2) is 28.3 Å². The van der Waals surface area contributed by atoms with Crippen LogP contribution in [0, 0.1) is 13.8 Å². The minimum atomic E-state index is -1.40. The molecule has 0 aliphatic carbocycles. The number of aromatic nitrogens is 1. The third-order valence-electron chi connectivity index (χ3n) is 6.97. The summed E-state index contributed by atoms with van der Waals surface area (Å²) in [5.74, 6) is 1.57. The maximum atomic E-state index is 12.1. The molecular formula is C35H33NO5. The summed E-state index contributed by atoms with van der Waals surface area (Å²) >= 11 is 0. The highest BCUT2D eigenvalue weighted by Crippen LogP contribution is 2.28. The zero-order chi connectivity index (χ0) is 28.8. The van der Waals surface area contributed by atoms with E-state index >= 15 is 0 Å². The fourth-order valence-corrected chi connectivity index (χ4v) is 4.70. The highest BCUT2D eigenvalue weighted by Gasteiger charge is 2.36. The number of hydrogen-bond donors (Lipinski definition) is 1. The summed E-state index contributed by atoms with van der Waals surface area (Å²) in [5.41, 5.74) is 4.47. The summed E-state index contributed by atoms with van der Waals surface area (Å²) in [5, 5.41) is 9.90. The van der Waals surface area contributed by atoms with Crippen LogP contribution in [-0.2, 0) is 17.6 Å². The molecule has 0 saturated carbocycles. The van der Waals surface area contributed by atoms with E-state index in [9.17, 15) is 9.90 Å². The van der Waals surface area contributed by atoms with Crippen molar-refractivity contribution in [3.05, 3.63) is 126 Å². The number of carboxylic acids is 1. The zero-order valence-electron chi connectivity index (χ0n) is 23.5. The van der Waals surface area contributed by atoms with Crippen molar-refractivity contribution in [2.75, 3.05) is 6.61 Å². The number of ether oxygens (including phenoxy) is 2. The van der Waals surface area contributed by atoms with Gasteiger partial charge in [0.05, 0.1) is 12.3 Å². The van der Waals surface area contributed by atoms with Crippen molar-refractivity contribution in [1.82, 2.24) is 4.98 Å². The van der Waals surface area contributed by atoms with E-state index in [-0.39, 0.29) is 6.42 Å². The van der Waals surface area contributed by atoms with Crippen LogP contribution >= 0.6 is 0 Å². The van der Waals surface area contributed by atoms with Gasteiger partial charge < -0.3 is 19.0 Å². The second-order valence-corrected chi connectivity index (χ2v) is 10.3. The molecule has 5 aromatic rings. The lowest BCUT2D eigenvalue weighted by Crippen LogP contribution is -2.43. The van der Waals surface area contributed by atoms with Crippen LogP contribution in [0.5, 0.6) is 11.5 Å². The van der Waals surface area contributed by atoms with E-state index in [1.165, 1.54) is 0 Å². The fraction of sp³-hybridized carbons (Fsp3) is 0.200. The molecule has 1 aromatic heterocycles. The van der Waals surface area contributed by atoms with Crippen molar-refractivity contribution in [2.45, 2.75) is 39.2 Å². The number of oxazole rings is 1.